The molecule has 0 bridgehead atoms. The number of carbonyl (C=O) groups excluding carboxylic acids is 2. The number of hydrogen-bond donors (Lipinski definition) is 0. The fourth-order valence-electron chi connectivity index (χ4n) is 2.14. The highest BCUT2D eigenvalue weighted by molar-refractivity contribution is 5.85. The van der Waals surface area contributed by atoms with Crippen molar-refractivity contribution in [2.45, 2.75) is 25.4 Å². The fraction of sp³-hybridized carbons (Fsp3) is 0.800. The minimum atomic E-state index is -1.13. The summed E-state index contributed by atoms with van der Waals surface area (Å²) in [6.45, 7) is 1.56. The van der Waals surface area contributed by atoms with Crippen molar-refractivity contribution in [3.63, 3.8) is 0 Å². The maximum atomic E-state index is 11.5. The van der Waals surface area contributed by atoms with Crippen molar-refractivity contribution in [3.05, 3.63) is 0 Å². The highest BCUT2D eigenvalue weighted by Gasteiger charge is 2.32. The molecule has 0 aromatic carbocycles. The Morgan fingerprint density at radius 1 is 1.60 bits per heavy atom. The predicted octanol–water partition coefficient (Wildman–Crippen LogP) is -1.24. The summed E-state index contributed by atoms with van der Waals surface area (Å²) in [6.07, 6.45) is 2.15. The number of carboxylic acid groups (broad SMARTS) is 1. The number of aliphatic carboxylic acids is 1. The lowest BCUT2D eigenvalue weighted by atomic mass is 10.1. The van der Waals surface area contributed by atoms with E-state index in [9.17, 15) is 14.7 Å². The molecule has 0 aromatic heterocycles. The zero-order valence-electron chi connectivity index (χ0n) is 8.48. The summed E-state index contributed by atoms with van der Waals surface area (Å²) in [7, 11) is 0. The van der Waals surface area contributed by atoms with Crippen LogP contribution in [0.1, 0.15) is 19.3 Å². The SMILES string of the molecule is O=C([O-])C1CC(=O)N(CC2CCCO2)C1. The molecule has 0 aliphatic carbocycles. The topological polar surface area (TPSA) is 69.7 Å². The van der Waals surface area contributed by atoms with Crippen LogP contribution in [0.4, 0.5) is 0 Å². The number of rotatable bonds is 3. The molecule has 2 unspecified atom stereocenters. The van der Waals surface area contributed by atoms with Gasteiger partial charge in [-0.25, -0.2) is 0 Å². The number of ether oxygens (including phenoxy) is 1. The van der Waals surface area contributed by atoms with Crippen molar-refractivity contribution < 1.29 is 19.4 Å². The zero-order chi connectivity index (χ0) is 10.8. The summed E-state index contributed by atoms with van der Waals surface area (Å²) in [5.41, 5.74) is 0. The van der Waals surface area contributed by atoms with Gasteiger partial charge in [-0.1, -0.05) is 0 Å². The largest absolute Gasteiger partial charge is 0.550 e. The van der Waals surface area contributed by atoms with Crippen molar-refractivity contribution in [3.8, 4) is 0 Å². The van der Waals surface area contributed by atoms with Gasteiger partial charge in [-0.2, -0.15) is 0 Å². The molecular formula is C10H14NO4-. The first-order valence-corrected chi connectivity index (χ1v) is 5.27. The van der Waals surface area contributed by atoms with Crippen LogP contribution >= 0.6 is 0 Å². The second-order valence-electron chi connectivity index (χ2n) is 4.15. The highest BCUT2D eigenvalue weighted by atomic mass is 16.5. The van der Waals surface area contributed by atoms with E-state index in [-0.39, 0.29) is 25.0 Å². The van der Waals surface area contributed by atoms with Crippen LogP contribution in [-0.2, 0) is 14.3 Å². The summed E-state index contributed by atoms with van der Waals surface area (Å²) in [5, 5.41) is 10.6. The molecule has 2 fully saturated rings. The van der Waals surface area contributed by atoms with E-state index in [0.29, 0.717) is 6.54 Å². The molecule has 0 saturated carbocycles. The third kappa shape index (κ3) is 2.28. The molecule has 0 spiro atoms. The monoisotopic (exact) mass is 212 g/mol. The fourth-order valence-corrected chi connectivity index (χ4v) is 2.14. The molecule has 5 nitrogen and oxygen atoms in total. The molecule has 1 amide bonds. The van der Waals surface area contributed by atoms with Gasteiger partial charge in [-0.3, -0.25) is 4.79 Å². The first kappa shape index (κ1) is 10.4. The third-order valence-electron chi connectivity index (χ3n) is 3.00. The van der Waals surface area contributed by atoms with Crippen LogP contribution in [0.25, 0.3) is 0 Å². The molecule has 2 aliphatic heterocycles. The van der Waals surface area contributed by atoms with E-state index in [0.717, 1.165) is 19.4 Å². The molecule has 0 N–H and O–H groups in total. The molecule has 15 heavy (non-hydrogen) atoms. The van der Waals surface area contributed by atoms with Crippen molar-refractivity contribution in [2.24, 2.45) is 5.92 Å². The number of nitrogens with zero attached hydrogens (tertiary/aromatic N) is 1. The van der Waals surface area contributed by atoms with Crippen LogP contribution in [0.2, 0.25) is 0 Å². The van der Waals surface area contributed by atoms with E-state index in [1.807, 2.05) is 0 Å². The molecule has 2 rings (SSSR count). The van der Waals surface area contributed by atoms with Crippen molar-refractivity contribution in [2.75, 3.05) is 19.7 Å². The third-order valence-corrected chi connectivity index (χ3v) is 3.00. The lowest BCUT2D eigenvalue weighted by Crippen LogP contribution is -2.36. The van der Waals surface area contributed by atoms with Gasteiger partial charge in [0, 0.05) is 38.0 Å². The molecule has 2 heterocycles. The van der Waals surface area contributed by atoms with Crippen molar-refractivity contribution >= 4 is 11.9 Å². The normalized spacial score (nSPS) is 31.2. The highest BCUT2D eigenvalue weighted by Crippen LogP contribution is 2.20. The van der Waals surface area contributed by atoms with Gasteiger partial charge < -0.3 is 19.5 Å². The Kier molecular flexibility index (Phi) is 2.90. The number of carboxylic acids is 1. The minimum absolute atomic E-state index is 0.0784. The Bertz CT molecular complexity index is 273. The van der Waals surface area contributed by atoms with Crippen LogP contribution < -0.4 is 5.11 Å². The quantitative estimate of drug-likeness (QED) is 0.587. The second kappa shape index (κ2) is 4.18. The number of carbonyl (C=O) groups is 2. The number of amides is 1. The average Bonchev–Trinajstić information content (AvgIpc) is 2.77. The van der Waals surface area contributed by atoms with Gasteiger partial charge in [-0.05, 0) is 12.8 Å². The predicted molar refractivity (Wildman–Crippen MR) is 48.7 cm³/mol. The van der Waals surface area contributed by atoms with E-state index in [1.165, 1.54) is 0 Å². The minimum Gasteiger partial charge on any atom is -0.550 e. The Hall–Kier alpha value is -1.10. The Balaban J connectivity index is 1.87. The van der Waals surface area contributed by atoms with Crippen molar-refractivity contribution in [1.29, 1.82) is 0 Å². The van der Waals surface area contributed by atoms with E-state index in [1.54, 1.807) is 4.90 Å². The van der Waals surface area contributed by atoms with E-state index < -0.39 is 11.9 Å². The number of likely N-dealkylation sites (tertiary alicyclic amines) is 1. The Morgan fingerprint density at radius 2 is 2.40 bits per heavy atom. The maximum Gasteiger partial charge on any atom is 0.223 e. The maximum absolute atomic E-state index is 11.5. The molecule has 2 aliphatic rings. The molecule has 84 valence electrons. The molecular weight excluding hydrogens is 198 g/mol. The van der Waals surface area contributed by atoms with Gasteiger partial charge in [0.15, 0.2) is 0 Å². The zero-order valence-corrected chi connectivity index (χ0v) is 8.48. The molecule has 0 radical (unpaired) electrons. The van der Waals surface area contributed by atoms with Crippen LogP contribution in [0.3, 0.4) is 0 Å². The van der Waals surface area contributed by atoms with Gasteiger partial charge in [0.2, 0.25) is 5.91 Å². The van der Waals surface area contributed by atoms with Crippen LogP contribution in [0, 0.1) is 5.92 Å². The van der Waals surface area contributed by atoms with E-state index in [4.69, 9.17) is 4.74 Å². The van der Waals surface area contributed by atoms with Crippen LogP contribution in [0.15, 0.2) is 0 Å². The summed E-state index contributed by atoms with van der Waals surface area (Å²) >= 11 is 0. The lowest BCUT2D eigenvalue weighted by molar-refractivity contribution is -0.311. The Morgan fingerprint density at radius 3 is 2.93 bits per heavy atom. The van der Waals surface area contributed by atoms with Gasteiger partial charge >= 0.3 is 0 Å². The van der Waals surface area contributed by atoms with E-state index in [2.05, 4.69) is 0 Å². The molecule has 2 saturated heterocycles. The Labute approximate surface area is 88.0 Å². The molecule has 0 aromatic rings. The molecule has 5 heteroatoms. The van der Waals surface area contributed by atoms with Crippen LogP contribution in [0.5, 0.6) is 0 Å². The van der Waals surface area contributed by atoms with Gasteiger partial charge in [-0.15, -0.1) is 0 Å². The standard InChI is InChI=1S/C10H15NO4/c12-9-4-7(10(13)14)5-11(9)6-8-2-1-3-15-8/h7-8H,1-6H2,(H,13,14)/p-1. The molecule has 2 atom stereocenters. The summed E-state index contributed by atoms with van der Waals surface area (Å²) in [5.74, 6) is -1.86. The summed E-state index contributed by atoms with van der Waals surface area (Å²) < 4.78 is 5.40. The smallest absolute Gasteiger partial charge is 0.223 e. The second-order valence-corrected chi connectivity index (χ2v) is 4.15. The van der Waals surface area contributed by atoms with Crippen molar-refractivity contribution in [1.82, 2.24) is 4.90 Å². The van der Waals surface area contributed by atoms with Gasteiger partial charge in [0.05, 0.1) is 6.10 Å². The van der Waals surface area contributed by atoms with Crippen LogP contribution in [-0.4, -0.2) is 42.6 Å². The summed E-state index contributed by atoms with van der Waals surface area (Å²) in [4.78, 5) is 23.6. The number of hydrogen-bond acceptors (Lipinski definition) is 4. The van der Waals surface area contributed by atoms with Gasteiger partial charge in [0.1, 0.15) is 0 Å². The lowest BCUT2D eigenvalue weighted by Gasteiger charge is -2.20. The van der Waals surface area contributed by atoms with Gasteiger partial charge in [0.25, 0.3) is 0 Å². The van der Waals surface area contributed by atoms with E-state index >= 15 is 0 Å². The summed E-state index contributed by atoms with van der Waals surface area (Å²) in [6, 6.07) is 0. The average molecular weight is 212 g/mol. The first-order chi connectivity index (χ1) is 7.16. The first-order valence-electron chi connectivity index (χ1n) is 5.27.